The van der Waals surface area contributed by atoms with E-state index in [0.717, 1.165) is 32.5 Å². The van der Waals surface area contributed by atoms with Crippen molar-refractivity contribution < 1.29 is 9.53 Å². The van der Waals surface area contributed by atoms with Crippen molar-refractivity contribution in [2.24, 2.45) is 5.92 Å². The molecule has 102 valence electrons. The average molecular weight is 259 g/mol. The summed E-state index contributed by atoms with van der Waals surface area (Å²) in [5.74, 6) is 0.695. The summed E-state index contributed by atoms with van der Waals surface area (Å²) in [7, 11) is 1.49. The summed E-state index contributed by atoms with van der Waals surface area (Å²) in [6, 6.07) is 8.70. The molecular weight excluding hydrogens is 238 g/mol. The first kappa shape index (κ1) is 12.7. The number of likely N-dealkylation sites (tertiary alicyclic amines) is 1. The van der Waals surface area contributed by atoms with Crippen molar-refractivity contribution in [2.75, 3.05) is 26.7 Å². The van der Waals surface area contributed by atoms with Crippen LogP contribution in [0.5, 0.6) is 0 Å². The third kappa shape index (κ3) is 2.52. The fourth-order valence-corrected chi connectivity index (χ4v) is 3.42. The van der Waals surface area contributed by atoms with Crippen LogP contribution < -0.4 is 0 Å². The Morgan fingerprint density at radius 1 is 1.42 bits per heavy atom. The molecule has 1 aromatic carbocycles. The molecule has 1 unspecified atom stereocenters. The minimum atomic E-state index is -0.0429. The number of fused-ring (bicyclic) bond motifs is 1. The van der Waals surface area contributed by atoms with Crippen molar-refractivity contribution in [2.45, 2.75) is 25.2 Å². The van der Waals surface area contributed by atoms with Crippen LogP contribution in [-0.2, 0) is 16.0 Å². The molecule has 1 aliphatic heterocycles. The zero-order chi connectivity index (χ0) is 13.2. The predicted octanol–water partition coefficient (Wildman–Crippen LogP) is 2.21. The third-order valence-electron chi connectivity index (χ3n) is 4.48. The second kappa shape index (κ2) is 5.33. The van der Waals surface area contributed by atoms with Crippen LogP contribution in [0.1, 0.15) is 29.9 Å². The third-order valence-corrected chi connectivity index (χ3v) is 4.48. The predicted molar refractivity (Wildman–Crippen MR) is 74.1 cm³/mol. The molecule has 0 aromatic heterocycles. The Morgan fingerprint density at radius 2 is 2.26 bits per heavy atom. The molecule has 0 saturated carbocycles. The van der Waals surface area contributed by atoms with Crippen molar-refractivity contribution in [3.8, 4) is 0 Å². The molecule has 1 aromatic rings. The summed E-state index contributed by atoms with van der Waals surface area (Å²) < 4.78 is 4.87. The molecule has 1 aliphatic carbocycles. The van der Waals surface area contributed by atoms with E-state index in [1.807, 2.05) is 0 Å². The Hall–Kier alpha value is -1.35. The summed E-state index contributed by atoms with van der Waals surface area (Å²) in [4.78, 5) is 14.1. The van der Waals surface area contributed by atoms with Gasteiger partial charge in [-0.3, -0.25) is 4.79 Å². The summed E-state index contributed by atoms with van der Waals surface area (Å²) in [5.41, 5.74) is 3.00. The van der Waals surface area contributed by atoms with Crippen LogP contribution in [0.15, 0.2) is 24.3 Å². The number of piperidine rings is 1. The van der Waals surface area contributed by atoms with E-state index in [2.05, 4.69) is 29.2 Å². The van der Waals surface area contributed by atoms with Gasteiger partial charge in [-0.25, -0.2) is 0 Å². The number of carbonyl (C=O) groups is 1. The molecule has 0 bridgehead atoms. The Kier molecular flexibility index (Phi) is 3.56. The lowest BCUT2D eigenvalue weighted by molar-refractivity contribution is -0.147. The number of carbonyl (C=O) groups excluding carboxylic acids is 1. The van der Waals surface area contributed by atoms with Crippen LogP contribution in [0.25, 0.3) is 0 Å². The van der Waals surface area contributed by atoms with Crippen molar-refractivity contribution in [3.05, 3.63) is 35.4 Å². The maximum absolute atomic E-state index is 11.6. The minimum absolute atomic E-state index is 0.0429. The summed E-state index contributed by atoms with van der Waals surface area (Å²) in [6.07, 6.45) is 3.27. The number of nitrogens with zero attached hydrogens (tertiary/aromatic N) is 1. The molecule has 19 heavy (non-hydrogen) atoms. The number of hydrogen-bond donors (Lipinski definition) is 0. The first-order valence-corrected chi connectivity index (χ1v) is 7.16. The van der Waals surface area contributed by atoms with Gasteiger partial charge in [0.2, 0.25) is 0 Å². The molecule has 0 radical (unpaired) electrons. The highest BCUT2D eigenvalue weighted by Gasteiger charge is 2.31. The summed E-state index contributed by atoms with van der Waals surface area (Å²) in [6.45, 7) is 3.07. The number of ether oxygens (including phenoxy) is 1. The normalized spacial score (nSPS) is 26.4. The number of benzene rings is 1. The van der Waals surface area contributed by atoms with Gasteiger partial charge in [-0.1, -0.05) is 24.3 Å². The zero-order valence-corrected chi connectivity index (χ0v) is 11.5. The number of esters is 1. The SMILES string of the molecule is COC(=O)[C@H]1CCCN(CC2Cc3ccccc32)C1. The van der Waals surface area contributed by atoms with Crippen molar-refractivity contribution >= 4 is 5.97 Å². The van der Waals surface area contributed by atoms with Crippen molar-refractivity contribution in [1.29, 1.82) is 0 Å². The Balaban J connectivity index is 1.58. The van der Waals surface area contributed by atoms with E-state index in [1.165, 1.54) is 24.7 Å². The van der Waals surface area contributed by atoms with Gasteiger partial charge in [-0.05, 0) is 36.9 Å². The summed E-state index contributed by atoms with van der Waals surface area (Å²) >= 11 is 0. The zero-order valence-electron chi connectivity index (χ0n) is 11.5. The van der Waals surface area contributed by atoms with Gasteiger partial charge < -0.3 is 9.64 Å². The second-order valence-corrected chi connectivity index (χ2v) is 5.72. The smallest absolute Gasteiger partial charge is 0.309 e. The number of hydrogen-bond acceptors (Lipinski definition) is 3. The van der Waals surface area contributed by atoms with Gasteiger partial charge in [-0.2, -0.15) is 0 Å². The van der Waals surface area contributed by atoms with E-state index in [-0.39, 0.29) is 11.9 Å². The fourth-order valence-electron chi connectivity index (χ4n) is 3.42. The highest BCUT2D eigenvalue weighted by Crippen LogP contribution is 2.36. The van der Waals surface area contributed by atoms with E-state index in [9.17, 15) is 4.79 Å². The summed E-state index contributed by atoms with van der Waals surface area (Å²) in [5, 5.41) is 0. The average Bonchev–Trinajstić information content (AvgIpc) is 2.44. The van der Waals surface area contributed by atoms with Crippen LogP contribution in [0.2, 0.25) is 0 Å². The van der Waals surface area contributed by atoms with Crippen LogP contribution in [0.4, 0.5) is 0 Å². The molecule has 3 rings (SSSR count). The molecular formula is C16H21NO2. The topological polar surface area (TPSA) is 29.5 Å². The van der Waals surface area contributed by atoms with Crippen LogP contribution in [-0.4, -0.2) is 37.6 Å². The minimum Gasteiger partial charge on any atom is -0.469 e. The first-order valence-electron chi connectivity index (χ1n) is 7.16. The molecule has 0 N–H and O–H groups in total. The lowest BCUT2D eigenvalue weighted by Crippen LogP contribution is -2.42. The van der Waals surface area contributed by atoms with Gasteiger partial charge >= 0.3 is 5.97 Å². The fraction of sp³-hybridized carbons (Fsp3) is 0.562. The second-order valence-electron chi connectivity index (χ2n) is 5.72. The lowest BCUT2D eigenvalue weighted by atomic mass is 9.77. The molecule has 3 nitrogen and oxygen atoms in total. The van der Waals surface area contributed by atoms with Crippen molar-refractivity contribution in [3.63, 3.8) is 0 Å². The van der Waals surface area contributed by atoms with E-state index >= 15 is 0 Å². The maximum Gasteiger partial charge on any atom is 0.309 e. The molecule has 0 spiro atoms. The molecule has 1 saturated heterocycles. The van der Waals surface area contributed by atoms with Gasteiger partial charge in [0.05, 0.1) is 13.0 Å². The molecule has 1 fully saturated rings. The van der Waals surface area contributed by atoms with E-state index in [4.69, 9.17) is 4.74 Å². The highest BCUT2D eigenvalue weighted by atomic mass is 16.5. The molecule has 2 aliphatic rings. The Morgan fingerprint density at radius 3 is 3.05 bits per heavy atom. The van der Waals surface area contributed by atoms with E-state index in [1.54, 1.807) is 0 Å². The van der Waals surface area contributed by atoms with Gasteiger partial charge in [-0.15, -0.1) is 0 Å². The molecule has 2 atom stereocenters. The number of methoxy groups -OCH3 is 1. The monoisotopic (exact) mass is 259 g/mol. The van der Waals surface area contributed by atoms with Crippen molar-refractivity contribution in [1.82, 2.24) is 4.90 Å². The van der Waals surface area contributed by atoms with Crippen LogP contribution >= 0.6 is 0 Å². The van der Waals surface area contributed by atoms with Gasteiger partial charge in [0.15, 0.2) is 0 Å². The van der Waals surface area contributed by atoms with Gasteiger partial charge in [0.25, 0.3) is 0 Å². The molecule has 3 heteroatoms. The highest BCUT2D eigenvalue weighted by molar-refractivity contribution is 5.72. The van der Waals surface area contributed by atoms with E-state index < -0.39 is 0 Å². The van der Waals surface area contributed by atoms with E-state index in [0.29, 0.717) is 5.92 Å². The first-order chi connectivity index (χ1) is 9.28. The van der Waals surface area contributed by atoms with Gasteiger partial charge in [0.1, 0.15) is 0 Å². The maximum atomic E-state index is 11.6. The lowest BCUT2D eigenvalue weighted by Gasteiger charge is -2.38. The quantitative estimate of drug-likeness (QED) is 0.779. The molecule has 0 amide bonds. The van der Waals surface area contributed by atoms with Crippen LogP contribution in [0, 0.1) is 5.92 Å². The largest absolute Gasteiger partial charge is 0.469 e. The standard InChI is InChI=1S/C16H21NO2/c1-19-16(18)13-6-4-8-17(10-13)11-14-9-12-5-2-3-7-15(12)14/h2-3,5,7,13-14H,4,6,8-11H2,1H3/t13-,14?/m0/s1. The number of rotatable bonds is 3. The molecule has 1 heterocycles. The Bertz CT molecular complexity index is 472. The Labute approximate surface area is 114 Å². The van der Waals surface area contributed by atoms with Crippen LogP contribution in [0.3, 0.4) is 0 Å². The van der Waals surface area contributed by atoms with Gasteiger partial charge in [0, 0.05) is 19.0 Å².